The van der Waals surface area contributed by atoms with Gasteiger partial charge in [0.25, 0.3) is 6.20 Å². The summed E-state index contributed by atoms with van der Waals surface area (Å²) in [6.45, 7) is 3.56. The maximum absolute atomic E-state index is 10.5. The maximum Gasteiger partial charge on any atom is 0.274 e. The lowest BCUT2D eigenvalue weighted by atomic mass is 10.3. The average molecular weight is 338 g/mol. The van der Waals surface area contributed by atoms with Crippen molar-refractivity contribution in [2.45, 2.75) is 19.2 Å². The second-order valence-electron chi connectivity index (χ2n) is 4.71. The number of furan rings is 1. The maximum atomic E-state index is 10.5. The molecule has 0 bridgehead atoms. The Morgan fingerprint density at radius 1 is 1.57 bits per heavy atom. The molecule has 0 aliphatic heterocycles. The van der Waals surface area contributed by atoms with E-state index in [2.05, 4.69) is 21.9 Å². The van der Waals surface area contributed by atoms with Crippen molar-refractivity contribution in [1.29, 1.82) is 0 Å². The highest BCUT2D eigenvalue weighted by Gasteiger charge is 2.07. The van der Waals surface area contributed by atoms with Gasteiger partial charge in [-0.25, -0.2) is 0 Å². The van der Waals surface area contributed by atoms with Crippen LogP contribution in [-0.2, 0) is 12.3 Å². The van der Waals surface area contributed by atoms with E-state index in [9.17, 15) is 10.1 Å². The number of hydrogen-bond acceptors (Lipinski definition) is 7. The van der Waals surface area contributed by atoms with Gasteiger partial charge in [0, 0.05) is 12.3 Å². The average Bonchev–Trinajstić information content (AvgIpc) is 2.84. The van der Waals surface area contributed by atoms with Crippen molar-refractivity contribution in [1.82, 2.24) is 16.0 Å². The van der Waals surface area contributed by atoms with Gasteiger partial charge in [-0.1, -0.05) is 5.92 Å². The van der Waals surface area contributed by atoms with Crippen LogP contribution >= 0.6 is 11.8 Å². The van der Waals surface area contributed by atoms with Gasteiger partial charge in [0.2, 0.25) is 0 Å². The molecule has 0 amide bonds. The number of nitrogens with zero attached hydrogens (tertiary/aromatic N) is 1. The largest absolute Gasteiger partial charge is 0.464 e. The Kier molecular flexibility index (Phi) is 8.72. The summed E-state index contributed by atoms with van der Waals surface area (Å²) in [5.74, 6) is 6.14. The first-order valence-corrected chi connectivity index (χ1v) is 8.29. The Morgan fingerprint density at radius 3 is 3.00 bits per heavy atom. The smallest absolute Gasteiger partial charge is 0.274 e. The van der Waals surface area contributed by atoms with Gasteiger partial charge in [-0.2, -0.15) is 11.8 Å². The van der Waals surface area contributed by atoms with Crippen LogP contribution in [0.25, 0.3) is 0 Å². The van der Waals surface area contributed by atoms with Gasteiger partial charge < -0.3 is 20.4 Å². The zero-order valence-corrected chi connectivity index (χ0v) is 14.2. The van der Waals surface area contributed by atoms with Crippen molar-refractivity contribution in [2.75, 3.05) is 25.9 Å². The molecule has 1 rings (SSSR count). The summed E-state index contributed by atoms with van der Waals surface area (Å²) in [5, 5.41) is 19.3. The zero-order chi connectivity index (χ0) is 17.1. The molecule has 126 valence electrons. The molecule has 1 aromatic rings. The Balaban J connectivity index is 2.33. The molecule has 0 unspecified atom stereocenters. The van der Waals surface area contributed by atoms with Crippen molar-refractivity contribution in [2.24, 2.45) is 0 Å². The molecule has 0 aliphatic carbocycles. The number of rotatable bonds is 11. The van der Waals surface area contributed by atoms with Crippen LogP contribution in [0.1, 0.15) is 17.1 Å². The SMILES string of the molecule is C#CCNC(=C[N+](=O)[O-])NCCSCc1oc(CNC)cc1C. The third-order valence-electron chi connectivity index (χ3n) is 2.83. The highest BCUT2D eigenvalue weighted by molar-refractivity contribution is 7.98. The van der Waals surface area contributed by atoms with Crippen molar-refractivity contribution in [3.63, 3.8) is 0 Å². The van der Waals surface area contributed by atoms with E-state index in [0.29, 0.717) is 18.9 Å². The predicted octanol–water partition coefficient (Wildman–Crippen LogP) is 1.43. The standard InChI is InChI=1S/C15H22N4O3S/c1-4-5-17-15(10-19(20)21)18-6-7-23-11-14-12(2)8-13(22-14)9-16-3/h1,8,10,16-18H,5-7,9,11H2,2-3H3. The molecule has 0 saturated heterocycles. The van der Waals surface area contributed by atoms with Crippen LogP contribution in [0.3, 0.4) is 0 Å². The predicted molar refractivity (Wildman–Crippen MR) is 92.3 cm³/mol. The first-order chi connectivity index (χ1) is 11.1. The van der Waals surface area contributed by atoms with E-state index in [-0.39, 0.29) is 6.54 Å². The van der Waals surface area contributed by atoms with Gasteiger partial charge in [0.1, 0.15) is 11.5 Å². The lowest BCUT2D eigenvalue weighted by Crippen LogP contribution is -2.29. The summed E-state index contributed by atoms with van der Waals surface area (Å²) < 4.78 is 5.75. The molecule has 0 aromatic carbocycles. The second kappa shape index (κ2) is 10.6. The number of hydrogen-bond donors (Lipinski definition) is 3. The third kappa shape index (κ3) is 7.63. The fourth-order valence-electron chi connectivity index (χ4n) is 1.82. The van der Waals surface area contributed by atoms with E-state index in [1.807, 2.05) is 20.0 Å². The minimum atomic E-state index is -0.519. The Bertz CT molecular complexity index is 578. The molecule has 0 spiro atoms. The summed E-state index contributed by atoms with van der Waals surface area (Å²) in [6.07, 6.45) is 6.01. The molecule has 0 atom stereocenters. The van der Waals surface area contributed by atoms with Crippen LogP contribution in [0, 0.1) is 29.4 Å². The highest BCUT2D eigenvalue weighted by Crippen LogP contribution is 2.20. The second-order valence-corrected chi connectivity index (χ2v) is 5.82. The van der Waals surface area contributed by atoms with Gasteiger partial charge in [-0.05, 0) is 25.6 Å². The van der Waals surface area contributed by atoms with Crippen LogP contribution in [0.2, 0.25) is 0 Å². The Labute approximate surface area is 140 Å². The van der Waals surface area contributed by atoms with E-state index in [4.69, 9.17) is 10.8 Å². The van der Waals surface area contributed by atoms with Crippen molar-refractivity contribution >= 4 is 11.8 Å². The normalized spacial score (nSPS) is 11.1. The molecule has 0 radical (unpaired) electrons. The quantitative estimate of drug-likeness (QED) is 0.243. The number of aryl methyl sites for hydroxylation is 1. The number of nitrogens with one attached hydrogen (secondary N) is 3. The van der Waals surface area contributed by atoms with Gasteiger partial charge in [0.05, 0.1) is 23.8 Å². The Morgan fingerprint density at radius 2 is 2.35 bits per heavy atom. The fraction of sp³-hybridized carbons (Fsp3) is 0.467. The molecule has 0 aliphatic rings. The van der Waals surface area contributed by atoms with Crippen LogP contribution in [0.5, 0.6) is 0 Å². The monoisotopic (exact) mass is 338 g/mol. The van der Waals surface area contributed by atoms with E-state index < -0.39 is 4.92 Å². The number of thioether (sulfide) groups is 1. The van der Waals surface area contributed by atoms with E-state index in [0.717, 1.165) is 34.8 Å². The van der Waals surface area contributed by atoms with E-state index >= 15 is 0 Å². The van der Waals surface area contributed by atoms with Crippen LogP contribution in [-0.4, -0.2) is 30.8 Å². The van der Waals surface area contributed by atoms with Gasteiger partial charge in [0.15, 0.2) is 5.82 Å². The van der Waals surface area contributed by atoms with Crippen molar-refractivity contribution < 1.29 is 9.34 Å². The number of terminal acetylenes is 1. The fourth-order valence-corrected chi connectivity index (χ4v) is 2.69. The first kappa shape index (κ1) is 18.9. The topological polar surface area (TPSA) is 92.4 Å². The molecule has 0 fully saturated rings. The van der Waals surface area contributed by atoms with Crippen LogP contribution in [0.15, 0.2) is 22.5 Å². The summed E-state index contributed by atoms with van der Waals surface area (Å²) >= 11 is 1.69. The minimum absolute atomic E-state index is 0.236. The third-order valence-corrected chi connectivity index (χ3v) is 3.79. The lowest BCUT2D eigenvalue weighted by molar-refractivity contribution is -0.404. The molecule has 3 N–H and O–H groups in total. The summed E-state index contributed by atoms with van der Waals surface area (Å²) in [6, 6.07) is 2.03. The summed E-state index contributed by atoms with van der Waals surface area (Å²) in [5.41, 5.74) is 1.14. The molecule has 1 heterocycles. The molecule has 7 nitrogen and oxygen atoms in total. The highest BCUT2D eigenvalue weighted by atomic mass is 32.2. The van der Waals surface area contributed by atoms with Gasteiger partial charge >= 0.3 is 0 Å². The van der Waals surface area contributed by atoms with E-state index in [1.54, 1.807) is 11.8 Å². The molecule has 0 saturated carbocycles. The first-order valence-electron chi connectivity index (χ1n) is 7.13. The van der Waals surface area contributed by atoms with Crippen molar-refractivity contribution in [3.8, 4) is 12.3 Å². The van der Waals surface area contributed by atoms with E-state index in [1.165, 1.54) is 0 Å². The lowest BCUT2D eigenvalue weighted by Gasteiger charge is -2.09. The minimum Gasteiger partial charge on any atom is -0.464 e. The molecule has 8 heteroatoms. The summed E-state index contributed by atoms with van der Waals surface area (Å²) in [4.78, 5) is 10.00. The van der Waals surface area contributed by atoms with Gasteiger partial charge in [-0.3, -0.25) is 10.1 Å². The molecular formula is C15H22N4O3S. The molecular weight excluding hydrogens is 316 g/mol. The molecule has 23 heavy (non-hydrogen) atoms. The zero-order valence-electron chi connectivity index (χ0n) is 13.3. The summed E-state index contributed by atoms with van der Waals surface area (Å²) in [7, 11) is 1.88. The van der Waals surface area contributed by atoms with Crippen LogP contribution < -0.4 is 16.0 Å². The molecule has 1 aromatic heterocycles. The Hall–Kier alpha value is -2.11. The number of nitro groups is 1. The van der Waals surface area contributed by atoms with Crippen LogP contribution in [0.4, 0.5) is 0 Å². The van der Waals surface area contributed by atoms with Crippen molar-refractivity contribution in [3.05, 3.63) is 45.3 Å². The van der Waals surface area contributed by atoms with Gasteiger partial charge in [-0.15, -0.1) is 6.42 Å².